The Hall–Kier alpha value is -3.62. The third-order valence-corrected chi connectivity index (χ3v) is 8.47. The number of carbonyl (C=O) groups is 1. The number of nitrogens with one attached hydrogen (secondary N) is 1. The van der Waals surface area contributed by atoms with Gasteiger partial charge in [-0.25, -0.2) is 0 Å². The van der Waals surface area contributed by atoms with Gasteiger partial charge < -0.3 is 24.7 Å². The molecule has 2 N–H and O–H groups in total. The highest BCUT2D eigenvalue weighted by Gasteiger charge is 2.52. The number of aromatic hydroxyl groups is 1. The van der Waals surface area contributed by atoms with Gasteiger partial charge in [0.15, 0.2) is 11.6 Å². The van der Waals surface area contributed by atoms with Crippen LogP contribution >= 0.6 is 0 Å². The molecular weight excluding hydrogens is 468 g/mol. The molecule has 1 amide bonds. The highest BCUT2D eigenvalue weighted by molar-refractivity contribution is 5.81. The number of para-hydroxylation sites is 1. The van der Waals surface area contributed by atoms with Crippen LogP contribution in [0.2, 0.25) is 0 Å². The maximum absolute atomic E-state index is 13.3. The Labute approximate surface area is 216 Å². The Kier molecular flexibility index (Phi) is 5.81. The zero-order valence-corrected chi connectivity index (χ0v) is 21.6. The molecule has 0 bridgehead atoms. The molecule has 37 heavy (non-hydrogen) atoms. The number of nitrogens with zero attached hydrogens (tertiary/aromatic N) is 5. The molecular formula is C28H34N6O3. The molecule has 1 aromatic carbocycles. The molecule has 3 aliphatic rings. The van der Waals surface area contributed by atoms with Gasteiger partial charge in [-0.2, -0.15) is 0 Å². The summed E-state index contributed by atoms with van der Waals surface area (Å²) in [5.74, 6) is 3.88. The normalized spacial score (nSPS) is 23.6. The largest absolute Gasteiger partial charge is 0.507 e. The van der Waals surface area contributed by atoms with Crippen molar-refractivity contribution in [3.63, 3.8) is 0 Å². The van der Waals surface area contributed by atoms with Crippen molar-refractivity contribution in [3.05, 3.63) is 47.7 Å². The van der Waals surface area contributed by atoms with Crippen molar-refractivity contribution in [1.82, 2.24) is 20.3 Å². The van der Waals surface area contributed by atoms with Gasteiger partial charge in [-0.15, -0.1) is 10.2 Å². The number of phenolic OH excluding ortho intramolecular Hbond substituents is 1. The number of piperazine rings is 1. The van der Waals surface area contributed by atoms with Crippen LogP contribution < -0.4 is 10.2 Å². The first-order valence-electron chi connectivity index (χ1n) is 13.3. The highest BCUT2D eigenvalue weighted by Crippen LogP contribution is 2.48. The van der Waals surface area contributed by atoms with E-state index in [0.717, 1.165) is 55.3 Å². The SMILES string of the molecule is CC(C)[C@@H](C)c1cc(N2CCN(C(=O)C3CC4(Cc5cc(-c6ccccc6O)nnc5N4)C3)CC2)no1. The summed E-state index contributed by atoms with van der Waals surface area (Å²) >= 11 is 0. The fraction of sp³-hybridized carbons (Fsp3) is 0.500. The van der Waals surface area contributed by atoms with Crippen LogP contribution in [0.3, 0.4) is 0 Å². The van der Waals surface area contributed by atoms with Crippen molar-refractivity contribution in [2.45, 2.75) is 51.5 Å². The van der Waals surface area contributed by atoms with Gasteiger partial charge in [0, 0.05) is 60.7 Å². The molecule has 2 fully saturated rings. The van der Waals surface area contributed by atoms with E-state index in [2.05, 4.69) is 52.4 Å². The molecule has 1 saturated carbocycles. The number of aromatic nitrogens is 3. The second-order valence-corrected chi connectivity index (χ2v) is 11.2. The fourth-order valence-corrected chi connectivity index (χ4v) is 5.84. The fourth-order valence-electron chi connectivity index (χ4n) is 5.84. The second kappa shape index (κ2) is 9.04. The molecule has 3 aromatic rings. The standard InChI is InChI=1S/C28H34N6O3/c1-17(2)18(3)24-13-25(32-37-24)33-8-10-34(11-9-33)27(36)20-15-28(16-20)14-19-12-22(30-31-26(19)29-28)21-6-4-5-7-23(21)35/h4-7,12-13,17-18,20,35H,8-11,14-16H2,1-3H3,(H,29,31)/t18-,20?,28?/m1/s1. The lowest BCUT2D eigenvalue weighted by atomic mass is 9.66. The number of amides is 1. The van der Waals surface area contributed by atoms with Crippen LogP contribution in [0, 0.1) is 11.8 Å². The minimum absolute atomic E-state index is 0.0319. The molecule has 9 heteroatoms. The summed E-state index contributed by atoms with van der Waals surface area (Å²) in [7, 11) is 0. The molecule has 1 saturated heterocycles. The van der Waals surface area contributed by atoms with E-state index in [0.29, 0.717) is 36.2 Å². The number of phenols is 1. The number of benzene rings is 1. The number of fused-ring (bicyclic) bond motifs is 1. The Balaban J connectivity index is 1.03. The Morgan fingerprint density at radius 1 is 1.11 bits per heavy atom. The molecule has 0 unspecified atom stereocenters. The van der Waals surface area contributed by atoms with Crippen LogP contribution in [-0.4, -0.2) is 63.0 Å². The molecule has 194 valence electrons. The van der Waals surface area contributed by atoms with E-state index in [4.69, 9.17) is 4.52 Å². The van der Waals surface area contributed by atoms with E-state index in [1.807, 2.05) is 23.1 Å². The van der Waals surface area contributed by atoms with E-state index >= 15 is 0 Å². The van der Waals surface area contributed by atoms with Crippen molar-refractivity contribution >= 4 is 17.5 Å². The van der Waals surface area contributed by atoms with E-state index < -0.39 is 0 Å². The Morgan fingerprint density at radius 3 is 2.59 bits per heavy atom. The summed E-state index contributed by atoms with van der Waals surface area (Å²) in [5.41, 5.74) is 2.31. The predicted octanol–water partition coefficient (Wildman–Crippen LogP) is 4.06. The molecule has 2 aliphatic heterocycles. The van der Waals surface area contributed by atoms with Gasteiger partial charge in [-0.3, -0.25) is 4.79 Å². The van der Waals surface area contributed by atoms with Crippen LogP contribution in [0.15, 0.2) is 40.9 Å². The lowest BCUT2D eigenvalue weighted by molar-refractivity contribution is -0.140. The highest BCUT2D eigenvalue weighted by atomic mass is 16.5. The zero-order valence-electron chi connectivity index (χ0n) is 21.6. The number of hydrogen-bond acceptors (Lipinski definition) is 8. The van der Waals surface area contributed by atoms with Crippen LogP contribution in [0.5, 0.6) is 5.75 Å². The molecule has 2 aromatic heterocycles. The van der Waals surface area contributed by atoms with Crippen LogP contribution in [0.1, 0.15) is 50.9 Å². The first-order valence-corrected chi connectivity index (χ1v) is 13.3. The number of anilines is 2. The summed E-state index contributed by atoms with van der Waals surface area (Å²) < 4.78 is 5.60. The van der Waals surface area contributed by atoms with Crippen molar-refractivity contribution in [2.75, 3.05) is 36.4 Å². The molecule has 9 nitrogen and oxygen atoms in total. The minimum Gasteiger partial charge on any atom is -0.507 e. The van der Waals surface area contributed by atoms with Crippen molar-refractivity contribution in [3.8, 4) is 17.0 Å². The van der Waals surface area contributed by atoms with Gasteiger partial charge in [-0.1, -0.05) is 38.1 Å². The summed E-state index contributed by atoms with van der Waals surface area (Å²) in [6.07, 6.45) is 2.42. The monoisotopic (exact) mass is 502 g/mol. The van der Waals surface area contributed by atoms with Gasteiger partial charge >= 0.3 is 0 Å². The van der Waals surface area contributed by atoms with E-state index in [-0.39, 0.29) is 23.1 Å². The zero-order chi connectivity index (χ0) is 25.7. The molecule has 1 atom stereocenters. The molecule has 4 heterocycles. The molecule has 0 radical (unpaired) electrons. The molecule has 6 rings (SSSR count). The van der Waals surface area contributed by atoms with Gasteiger partial charge in [0.2, 0.25) is 5.91 Å². The average molecular weight is 503 g/mol. The van der Waals surface area contributed by atoms with Gasteiger partial charge in [0.05, 0.1) is 5.69 Å². The third-order valence-electron chi connectivity index (χ3n) is 8.47. The lowest BCUT2D eigenvalue weighted by Crippen LogP contribution is -2.57. The summed E-state index contributed by atoms with van der Waals surface area (Å²) in [5, 5.41) is 26.7. The first-order chi connectivity index (χ1) is 17.8. The number of rotatable bonds is 5. The quantitative estimate of drug-likeness (QED) is 0.538. The maximum atomic E-state index is 13.3. The molecule has 1 aliphatic carbocycles. The number of hydrogen-bond donors (Lipinski definition) is 2. The van der Waals surface area contributed by atoms with Gasteiger partial charge in [0.1, 0.15) is 11.5 Å². The van der Waals surface area contributed by atoms with Gasteiger partial charge in [0.25, 0.3) is 0 Å². The third kappa shape index (κ3) is 4.30. The smallest absolute Gasteiger partial charge is 0.225 e. The average Bonchev–Trinajstić information content (AvgIpc) is 3.52. The Morgan fingerprint density at radius 2 is 1.86 bits per heavy atom. The van der Waals surface area contributed by atoms with Crippen LogP contribution in [-0.2, 0) is 11.2 Å². The second-order valence-electron chi connectivity index (χ2n) is 11.2. The van der Waals surface area contributed by atoms with Crippen molar-refractivity contribution in [2.24, 2.45) is 11.8 Å². The van der Waals surface area contributed by atoms with E-state index in [1.165, 1.54) is 0 Å². The Bertz CT molecular complexity index is 1310. The predicted molar refractivity (Wildman–Crippen MR) is 140 cm³/mol. The summed E-state index contributed by atoms with van der Waals surface area (Å²) in [4.78, 5) is 17.5. The number of carbonyl (C=O) groups excluding carboxylic acids is 1. The van der Waals surface area contributed by atoms with Crippen LogP contribution in [0.4, 0.5) is 11.6 Å². The van der Waals surface area contributed by atoms with Crippen molar-refractivity contribution < 1.29 is 14.4 Å². The molecule has 1 spiro atoms. The minimum atomic E-state index is -0.124. The topological polar surface area (TPSA) is 108 Å². The van der Waals surface area contributed by atoms with Crippen molar-refractivity contribution in [1.29, 1.82) is 0 Å². The summed E-state index contributed by atoms with van der Waals surface area (Å²) in [6.45, 7) is 9.46. The van der Waals surface area contributed by atoms with E-state index in [1.54, 1.807) is 12.1 Å². The van der Waals surface area contributed by atoms with Crippen LogP contribution in [0.25, 0.3) is 11.3 Å². The van der Waals surface area contributed by atoms with E-state index in [9.17, 15) is 9.90 Å². The maximum Gasteiger partial charge on any atom is 0.225 e. The lowest BCUT2D eigenvalue weighted by Gasteiger charge is -2.47. The first kappa shape index (κ1) is 23.8. The van der Waals surface area contributed by atoms with Gasteiger partial charge in [-0.05, 0) is 43.4 Å². The summed E-state index contributed by atoms with van der Waals surface area (Å²) in [6, 6.07) is 11.2.